The molecule has 2 saturated heterocycles. The molecule has 2 aromatic rings. The smallest absolute Gasteiger partial charge is 0.325 e. The molecule has 2 aliphatic rings. The molecule has 2 heterocycles. The first-order chi connectivity index (χ1) is 15.2. The zero-order valence-corrected chi connectivity index (χ0v) is 18.8. The van der Waals surface area contributed by atoms with Crippen LogP contribution in [0.5, 0.6) is 0 Å². The highest BCUT2D eigenvalue weighted by Crippen LogP contribution is 2.48. The van der Waals surface area contributed by atoms with Gasteiger partial charge in [0.1, 0.15) is 5.54 Å². The Morgan fingerprint density at radius 2 is 1.84 bits per heavy atom. The van der Waals surface area contributed by atoms with Crippen molar-refractivity contribution in [2.24, 2.45) is 17.8 Å². The number of carbonyl (C=O) groups excluding carboxylic acids is 2. The summed E-state index contributed by atoms with van der Waals surface area (Å²) in [6.45, 7) is 5.34. The Morgan fingerprint density at radius 3 is 2.44 bits per heavy atom. The van der Waals surface area contributed by atoms with Crippen molar-refractivity contribution in [2.75, 3.05) is 4.90 Å². The van der Waals surface area contributed by atoms with E-state index in [2.05, 4.69) is 5.32 Å². The molecule has 4 rings (SSSR count). The van der Waals surface area contributed by atoms with Crippen molar-refractivity contribution in [3.8, 4) is 0 Å². The second-order valence-electron chi connectivity index (χ2n) is 8.72. The van der Waals surface area contributed by atoms with E-state index in [-0.39, 0.29) is 0 Å². The molecule has 2 amide bonds. The molecule has 7 heteroatoms. The van der Waals surface area contributed by atoms with Crippen LogP contribution in [0.2, 0.25) is 5.02 Å². The molecule has 166 valence electrons. The van der Waals surface area contributed by atoms with Crippen molar-refractivity contribution in [2.45, 2.75) is 32.4 Å². The van der Waals surface area contributed by atoms with E-state index in [4.69, 9.17) is 11.6 Å². The molecule has 2 aromatic carbocycles. The molecule has 0 aromatic heterocycles. The minimum Gasteiger partial charge on any atom is -0.480 e. The molecular weight excluding hydrogens is 428 g/mol. The summed E-state index contributed by atoms with van der Waals surface area (Å²) in [5.74, 6) is -4.36. The normalized spacial score (nSPS) is 27.5. The summed E-state index contributed by atoms with van der Waals surface area (Å²) in [4.78, 5) is 40.8. The van der Waals surface area contributed by atoms with Crippen molar-refractivity contribution < 1.29 is 19.5 Å². The number of carboxylic acid groups (broad SMARTS) is 1. The Balaban J connectivity index is 1.80. The van der Waals surface area contributed by atoms with Gasteiger partial charge in [-0.3, -0.25) is 19.7 Å². The topological polar surface area (TPSA) is 86.7 Å². The molecule has 2 fully saturated rings. The third-order valence-electron chi connectivity index (χ3n) is 6.61. The lowest BCUT2D eigenvalue weighted by Gasteiger charge is -2.34. The van der Waals surface area contributed by atoms with Crippen molar-refractivity contribution in [3.05, 3.63) is 70.8 Å². The molecule has 0 spiro atoms. The standard InChI is InChI=1S/C25H25ClN2O4/c1-14(2)25(24(31)32)21-20(19(27-25)12-10-16-7-5-4-6-8-16)22(29)28(23(21)30)17-11-9-15(3)18(26)13-17/h4-14,19-21,27H,1-3H3,(H,31,32)/b12-10+. The molecule has 0 aliphatic carbocycles. The number of anilines is 1. The highest BCUT2D eigenvalue weighted by molar-refractivity contribution is 6.32. The number of hydrogen-bond donors (Lipinski definition) is 2. The van der Waals surface area contributed by atoms with Gasteiger partial charge in [0.15, 0.2) is 0 Å². The third kappa shape index (κ3) is 3.34. The van der Waals surface area contributed by atoms with Crippen LogP contribution in [0, 0.1) is 24.7 Å². The summed E-state index contributed by atoms with van der Waals surface area (Å²) in [5.41, 5.74) is 0.537. The van der Waals surface area contributed by atoms with Crippen LogP contribution in [0.3, 0.4) is 0 Å². The average Bonchev–Trinajstić information content (AvgIpc) is 3.24. The predicted molar refractivity (Wildman–Crippen MR) is 123 cm³/mol. The molecule has 0 radical (unpaired) electrons. The first kappa shape index (κ1) is 22.2. The van der Waals surface area contributed by atoms with E-state index in [1.54, 1.807) is 38.1 Å². The van der Waals surface area contributed by atoms with E-state index in [9.17, 15) is 19.5 Å². The van der Waals surface area contributed by atoms with Crippen LogP contribution in [0.4, 0.5) is 5.69 Å². The number of amides is 2. The monoisotopic (exact) mass is 452 g/mol. The van der Waals surface area contributed by atoms with E-state index in [0.29, 0.717) is 10.7 Å². The van der Waals surface area contributed by atoms with Gasteiger partial charge in [0.05, 0.1) is 17.5 Å². The van der Waals surface area contributed by atoms with Gasteiger partial charge in [-0.1, -0.05) is 74.0 Å². The highest BCUT2D eigenvalue weighted by atomic mass is 35.5. The van der Waals surface area contributed by atoms with E-state index in [1.165, 1.54) is 0 Å². The lowest BCUT2D eigenvalue weighted by molar-refractivity contribution is -0.151. The van der Waals surface area contributed by atoms with Crippen LogP contribution in [-0.2, 0) is 14.4 Å². The average molecular weight is 453 g/mol. The second kappa shape index (κ2) is 8.19. The van der Waals surface area contributed by atoms with Crippen molar-refractivity contribution in [3.63, 3.8) is 0 Å². The van der Waals surface area contributed by atoms with Gasteiger partial charge in [0.25, 0.3) is 0 Å². The molecule has 4 unspecified atom stereocenters. The number of hydrogen-bond acceptors (Lipinski definition) is 4. The number of aliphatic carboxylic acids is 1. The number of benzene rings is 2. The molecule has 0 saturated carbocycles. The van der Waals surface area contributed by atoms with Gasteiger partial charge in [-0.05, 0) is 36.1 Å². The van der Waals surface area contributed by atoms with Crippen LogP contribution in [0.25, 0.3) is 6.08 Å². The number of rotatable bonds is 5. The summed E-state index contributed by atoms with van der Waals surface area (Å²) in [5, 5.41) is 13.8. The molecule has 2 N–H and O–H groups in total. The lowest BCUT2D eigenvalue weighted by Crippen LogP contribution is -2.60. The molecule has 4 atom stereocenters. The second-order valence-corrected chi connectivity index (χ2v) is 9.12. The Bertz CT molecular complexity index is 1110. The van der Waals surface area contributed by atoms with Crippen molar-refractivity contribution in [1.29, 1.82) is 0 Å². The number of nitrogens with zero attached hydrogens (tertiary/aromatic N) is 1. The fourth-order valence-electron chi connectivity index (χ4n) is 4.88. The van der Waals surface area contributed by atoms with Gasteiger partial charge in [-0.2, -0.15) is 0 Å². The number of imide groups is 1. The highest BCUT2D eigenvalue weighted by Gasteiger charge is 2.69. The molecule has 2 aliphatic heterocycles. The van der Waals surface area contributed by atoms with Crippen LogP contribution >= 0.6 is 11.6 Å². The summed E-state index contributed by atoms with van der Waals surface area (Å²) in [6, 6.07) is 13.9. The number of carbonyl (C=O) groups is 3. The van der Waals surface area contributed by atoms with E-state index in [0.717, 1.165) is 16.0 Å². The maximum atomic E-state index is 13.6. The van der Waals surface area contributed by atoms with Crippen LogP contribution in [-0.4, -0.2) is 34.5 Å². The number of aryl methyl sites for hydroxylation is 1. The van der Waals surface area contributed by atoms with Crippen LogP contribution in [0.15, 0.2) is 54.6 Å². The minimum absolute atomic E-state index is 0.360. The van der Waals surface area contributed by atoms with Gasteiger partial charge in [0.2, 0.25) is 11.8 Å². The Hall–Kier alpha value is -2.96. The zero-order chi connectivity index (χ0) is 23.2. The van der Waals surface area contributed by atoms with Crippen molar-refractivity contribution >= 4 is 41.1 Å². The first-order valence-electron chi connectivity index (χ1n) is 10.6. The van der Waals surface area contributed by atoms with Gasteiger partial charge >= 0.3 is 5.97 Å². The lowest BCUT2D eigenvalue weighted by atomic mass is 9.73. The summed E-state index contributed by atoms with van der Waals surface area (Å²) >= 11 is 6.24. The molecule has 0 bridgehead atoms. The van der Waals surface area contributed by atoms with Gasteiger partial charge < -0.3 is 5.11 Å². The molecule has 6 nitrogen and oxygen atoms in total. The van der Waals surface area contributed by atoms with Crippen LogP contribution < -0.4 is 10.2 Å². The first-order valence-corrected chi connectivity index (χ1v) is 10.9. The SMILES string of the molecule is Cc1ccc(N2C(=O)C3C(/C=C/c4ccccc4)NC(C(=O)O)(C(C)C)C3C2=O)cc1Cl. The quantitative estimate of drug-likeness (QED) is 0.671. The number of fused-ring (bicyclic) bond motifs is 1. The van der Waals surface area contributed by atoms with Crippen LogP contribution in [0.1, 0.15) is 25.0 Å². The summed E-state index contributed by atoms with van der Waals surface area (Å²) in [6.07, 6.45) is 3.63. The Labute approximate surface area is 191 Å². The number of nitrogens with one attached hydrogen (secondary N) is 1. The molecular formula is C25H25ClN2O4. The van der Waals surface area contributed by atoms with E-state index >= 15 is 0 Å². The van der Waals surface area contributed by atoms with Crippen molar-refractivity contribution in [1.82, 2.24) is 5.32 Å². The summed E-state index contributed by atoms with van der Waals surface area (Å²) in [7, 11) is 0. The Morgan fingerprint density at radius 1 is 1.16 bits per heavy atom. The van der Waals surface area contributed by atoms with Gasteiger partial charge in [-0.15, -0.1) is 0 Å². The minimum atomic E-state index is -1.56. The Kier molecular flexibility index (Phi) is 5.69. The van der Waals surface area contributed by atoms with E-state index in [1.807, 2.05) is 43.3 Å². The maximum absolute atomic E-state index is 13.6. The number of carboxylic acids is 1. The summed E-state index contributed by atoms with van der Waals surface area (Å²) < 4.78 is 0. The third-order valence-corrected chi connectivity index (χ3v) is 7.02. The van der Waals surface area contributed by atoms with Gasteiger partial charge in [-0.25, -0.2) is 4.90 Å². The van der Waals surface area contributed by atoms with Gasteiger partial charge in [0, 0.05) is 11.1 Å². The zero-order valence-electron chi connectivity index (χ0n) is 18.1. The fourth-order valence-corrected chi connectivity index (χ4v) is 5.05. The fraction of sp³-hybridized carbons (Fsp3) is 0.320. The number of halogens is 1. The van der Waals surface area contributed by atoms with E-state index < -0.39 is 47.1 Å². The molecule has 32 heavy (non-hydrogen) atoms. The predicted octanol–water partition coefficient (Wildman–Crippen LogP) is 3.92. The largest absolute Gasteiger partial charge is 0.480 e. The maximum Gasteiger partial charge on any atom is 0.325 e.